The molecule has 3 aromatic carbocycles. The van der Waals surface area contributed by atoms with E-state index in [9.17, 15) is 22.0 Å². The molecule has 1 saturated heterocycles. The molecule has 2 heterocycles. The molecule has 0 bridgehead atoms. The third kappa shape index (κ3) is 4.72. The highest BCUT2D eigenvalue weighted by molar-refractivity contribution is 5.99. The first-order valence-electron chi connectivity index (χ1n) is 11.6. The molecule has 0 saturated carbocycles. The van der Waals surface area contributed by atoms with Crippen LogP contribution in [0.15, 0.2) is 60.7 Å². The van der Waals surface area contributed by atoms with E-state index in [1.165, 1.54) is 24.3 Å². The lowest BCUT2D eigenvalue weighted by atomic mass is 9.94. The van der Waals surface area contributed by atoms with Crippen LogP contribution in [0.1, 0.15) is 18.4 Å². The van der Waals surface area contributed by atoms with Crippen molar-refractivity contribution in [1.82, 2.24) is 4.98 Å². The van der Waals surface area contributed by atoms with Gasteiger partial charge in [0, 0.05) is 35.6 Å². The Morgan fingerprint density at radius 1 is 0.919 bits per heavy atom. The molecule has 0 spiro atoms. The quantitative estimate of drug-likeness (QED) is 0.233. The highest BCUT2D eigenvalue weighted by Crippen LogP contribution is 2.41. The third-order valence-corrected chi connectivity index (χ3v) is 6.63. The molecule has 0 unspecified atom stereocenters. The van der Waals surface area contributed by atoms with Crippen LogP contribution in [-0.2, 0) is 6.18 Å². The number of fused-ring (bicyclic) bond motifs is 1. The number of pyridine rings is 1. The monoisotopic (exact) mass is 508 g/mol. The minimum atomic E-state index is -4.76. The summed E-state index contributed by atoms with van der Waals surface area (Å²) < 4.78 is 70.5. The van der Waals surface area contributed by atoms with E-state index in [-0.39, 0.29) is 17.3 Å². The molecule has 0 amide bonds. The SMILES string of the molecule is [C-]#[N+]c1ccc(-c2nc(N3CCC(N)CC3)cc3ccc(-c4c(F)cccc4C(F)(F)F)cc23)cc1F. The molecule has 1 aliphatic heterocycles. The first-order valence-corrected chi connectivity index (χ1v) is 11.6. The predicted molar refractivity (Wildman–Crippen MR) is 133 cm³/mol. The van der Waals surface area contributed by atoms with E-state index in [1.807, 2.05) is 6.07 Å². The van der Waals surface area contributed by atoms with Gasteiger partial charge in [0.25, 0.3) is 0 Å². The van der Waals surface area contributed by atoms with Crippen LogP contribution in [0, 0.1) is 18.2 Å². The fourth-order valence-corrected chi connectivity index (χ4v) is 4.70. The number of nitrogens with two attached hydrogens (primary N) is 1. The van der Waals surface area contributed by atoms with Crippen LogP contribution >= 0.6 is 0 Å². The van der Waals surface area contributed by atoms with Gasteiger partial charge in [0.2, 0.25) is 5.69 Å². The molecule has 0 radical (unpaired) electrons. The topological polar surface area (TPSA) is 46.5 Å². The Bertz CT molecular complexity index is 1530. The number of rotatable bonds is 3. The number of benzene rings is 3. The maximum atomic E-state index is 14.8. The molecule has 4 nitrogen and oxygen atoms in total. The molecule has 1 fully saturated rings. The Morgan fingerprint density at radius 3 is 2.32 bits per heavy atom. The maximum absolute atomic E-state index is 14.8. The Balaban J connectivity index is 1.74. The third-order valence-electron chi connectivity index (χ3n) is 6.63. The van der Waals surface area contributed by atoms with Crippen molar-refractivity contribution in [2.24, 2.45) is 5.73 Å². The smallest absolute Gasteiger partial charge is 0.356 e. The van der Waals surface area contributed by atoms with Gasteiger partial charge in [-0.3, -0.25) is 0 Å². The van der Waals surface area contributed by atoms with Gasteiger partial charge in [0.05, 0.1) is 17.8 Å². The van der Waals surface area contributed by atoms with Gasteiger partial charge in [0.15, 0.2) is 0 Å². The minimum absolute atomic E-state index is 0.0240. The fraction of sp³-hybridized carbons (Fsp3) is 0.214. The van der Waals surface area contributed by atoms with Gasteiger partial charge >= 0.3 is 6.18 Å². The van der Waals surface area contributed by atoms with Gasteiger partial charge in [-0.1, -0.05) is 30.3 Å². The number of piperidine rings is 1. The molecule has 5 rings (SSSR count). The van der Waals surface area contributed by atoms with Crippen molar-refractivity contribution in [3.8, 4) is 22.4 Å². The summed E-state index contributed by atoms with van der Waals surface area (Å²) in [4.78, 5) is 9.98. The summed E-state index contributed by atoms with van der Waals surface area (Å²) >= 11 is 0. The van der Waals surface area contributed by atoms with Gasteiger partial charge in [0.1, 0.15) is 17.5 Å². The minimum Gasteiger partial charge on any atom is -0.356 e. The second-order valence-corrected chi connectivity index (χ2v) is 9.03. The van der Waals surface area contributed by atoms with Gasteiger partial charge in [-0.15, -0.1) is 0 Å². The molecule has 0 atom stereocenters. The number of hydrogen-bond acceptors (Lipinski definition) is 3. The van der Waals surface area contributed by atoms with Crippen molar-refractivity contribution in [2.75, 3.05) is 18.0 Å². The number of alkyl halides is 3. The van der Waals surface area contributed by atoms with Gasteiger partial charge in [-0.05, 0) is 54.1 Å². The lowest BCUT2D eigenvalue weighted by molar-refractivity contribution is -0.137. The summed E-state index contributed by atoms with van der Waals surface area (Å²) in [6.45, 7) is 8.46. The van der Waals surface area contributed by atoms with E-state index in [0.29, 0.717) is 40.9 Å². The normalized spacial score (nSPS) is 14.7. The van der Waals surface area contributed by atoms with Gasteiger partial charge in [-0.25, -0.2) is 18.6 Å². The van der Waals surface area contributed by atoms with E-state index in [0.717, 1.165) is 31.0 Å². The number of hydrogen-bond donors (Lipinski definition) is 1. The molecule has 1 aromatic heterocycles. The zero-order chi connectivity index (χ0) is 26.3. The van der Waals surface area contributed by atoms with Gasteiger partial charge in [-0.2, -0.15) is 13.2 Å². The highest BCUT2D eigenvalue weighted by atomic mass is 19.4. The fourth-order valence-electron chi connectivity index (χ4n) is 4.70. The Morgan fingerprint density at radius 2 is 1.65 bits per heavy atom. The van der Waals surface area contributed by atoms with Crippen molar-refractivity contribution in [2.45, 2.75) is 25.1 Å². The first-order chi connectivity index (χ1) is 17.7. The van der Waals surface area contributed by atoms with Crippen LogP contribution in [0.5, 0.6) is 0 Å². The van der Waals surface area contributed by atoms with Crippen molar-refractivity contribution >= 4 is 22.3 Å². The molecule has 1 aliphatic rings. The number of nitrogens with zero attached hydrogens (tertiary/aromatic N) is 3. The Hall–Kier alpha value is -4.03. The van der Waals surface area contributed by atoms with E-state index < -0.39 is 28.9 Å². The Labute approximate surface area is 210 Å². The highest BCUT2D eigenvalue weighted by Gasteiger charge is 2.35. The average molecular weight is 508 g/mol. The predicted octanol–water partition coefficient (Wildman–Crippen LogP) is 7.34. The zero-order valence-corrected chi connectivity index (χ0v) is 19.5. The van der Waals surface area contributed by atoms with E-state index >= 15 is 0 Å². The summed E-state index contributed by atoms with van der Waals surface area (Å²) in [5, 5.41) is 1.08. The molecule has 188 valence electrons. The molecule has 4 aromatic rings. The second-order valence-electron chi connectivity index (χ2n) is 9.03. The van der Waals surface area contributed by atoms with Crippen LogP contribution in [0.3, 0.4) is 0 Å². The summed E-state index contributed by atoms with van der Waals surface area (Å²) in [7, 11) is 0. The van der Waals surface area contributed by atoms with Crippen LogP contribution in [0.4, 0.5) is 33.5 Å². The van der Waals surface area contributed by atoms with E-state index in [2.05, 4.69) is 9.74 Å². The molecule has 2 N–H and O–H groups in total. The Kier molecular flexibility index (Phi) is 6.30. The zero-order valence-electron chi connectivity index (χ0n) is 19.5. The second kappa shape index (κ2) is 9.45. The lowest BCUT2D eigenvalue weighted by Crippen LogP contribution is -2.40. The van der Waals surface area contributed by atoms with Crippen LogP contribution < -0.4 is 10.6 Å². The van der Waals surface area contributed by atoms with Crippen LogP contribution in [0.25, 0.3) is 38.0 Å². The summed E-state index contributed by atoms with van der Waals surface area (Å²) in [5.41, 5.74) is 4.93. The van der Waals surface area contributed by atoms with Crippen molar-refractivity contribution in [1.29, 1.82) is 0 Å². The molecular weight excluding hydrogens is 487 g/mol. The number of anilines is 1. The first kappa shape index (κ1) is 24.7. The van der Waals surface area contributed by atoms with Crippen LogP contribution in [0.2, 0.25) is 0 Å². The number of halogens is 5. The molecule has 9 heteroatoms. The largest absolute Gasteiger partial charge is 0.417 e. The average Bonchev–Trinajstić information content (AvgIpc) is 2.87. The van der Waals surface area contributed by atoms with Gasteiger partial charge < -0.3 is 10.6 Å². The van der Waals surface area contributed by atoms with Crippen molar-refractivity contribution < 1.29 is 22.0 Å². The summed E-state index contributed by atoms with van der Waals surface area (Å²) in [6.07, 6.45) is -3.21. The standard InChI is InChI=1S/C28H21F5N4/c1-35-24-8-7-18(14-23(24)30)27-20-13-17(26-21(28(31,32)33)3-2-4-22(26)29)6-5-16(20)15-25(36-27)37-11-9-19(34)10-12-37/h2-8,13-15,19H,9-12,34H2. The molecular formula is C28H21F5N4. The van der Waals surface area contributed by atoms with E-state index in [1.54, 1.807) is 12.1 Å². The maximum Gasteiger partial charge on any atom is 0.417 e. The van der Waals surface area contributed by atoms with Crippen molar-refractivity contribution in [3.63, 3.8) is 0 Å². The molecule has 0 aliphatic carbocycles. The molecule has 37 heavy (non-hydrogen) atoms. The number of aromatic nitrogens is 1. The lowest BCUT2D eigenvalue weighted by Gasteiger charge is -2.31. The van der Waals surface area contributed by atoms with Crippen molar-refractivity contribution in [3.05, 3.63) is 89.3 Å². The van der Waals surface area contributed by atoms with Crippen LogP contribution in [-0.4, -0.2) is 24.1 Å². The van der Waals surface area contributed by atoms with E-state index in [4.69, 9.17) is 17.3 Å². The summed E-state index contributed by atoms with van der Waals surface area (Å²) in [5.74, 6) is -1.11. The summed E-state index contributed by atoms with van der Waals surface area (Å²) in [6, 6.07) is 13.3.